The van der Waals surface area contributed by atoms with Gasteiger partial charge in [0.25, 0.3) is 0 Å². The Morgan fingerprint density at radius 2 is 1.62 bits per heavy atom. The molecule has 4 aliphatic carbocycles. The SMILES string of the molecule is CC(=O)N[C@@H](C1CCC1)[C@@H](O)C(=O)OC1C[C@@]2(O)[C@@H](OC(=O)c3ccccc3)[C@@H]3[C@]4(OC(C)=O)CO[C@@H]4C[C@H](O)[C@@]3(C)C(=O)[C@H](OC(C)=O)C(=C1C)C2(C)C. The number of amides is 1. The van der Waals surface area contributed by atoms with E-state index in [0.29, 0.717) is 12.8 Å². The summed E-state index contributed by atoms with van der Waals surface area (Å²) in [6, 6.07) is 6.92. The standard InChI is InChI=1S/C40H51NO14/c1-19-25(53-36(49)30(46)29(41-20(2)42)23-14-11-15-23)17-40(50)34(54-35(48)24-12-9-8-10-13-24)32-38(7,26(45)16-27-39(32,18-51-27)55-22(4)44)33(47)31(52-21(3)43)28(19)37(40,5)6/h8-10,12-13,23,25-27,29-32,34,45-46,50H,11,14-18H2,1-7H3,(H,41,42)/t25?,26-,27+,29-,30+,31+,32-,34-,38+,39-,40+/m0/s1. The summed E-state index contributed by atoms with van der Waals surface area (Å²) in [4.78, 5) is 81.1. The molecule has 1 aliphatic heterocycles. The van der Waals surface area contributed by atoms with E-state index in [1.165, 1.54) is 26.0 Å². The smallest absolute Gasteiger partial charge is 0.338 e. The van der Waals surface area contributed by atoms with Crippen molar-refractivity contribution in [3.63, 3.8) is 0 Å². The van der Waals surface area contributed by atoms with Gasteiger partial charge in [-0.2, -0.15) is 0 Å². The minimum Gasteiger partial charge on any atom is -0.456 e. The van der Waals surface area contributed by atoms with E-state index in [2.05, 4.69) is 5.32 Å². The third-order valence-corrected chi connectivity index (χ3v) is 13.1. The van der Waals surface area contributed by atoms with E-state index >= 15 is 4.79 Å². The normalized spacial score (nSPS) is 36.1. The predicted octanol–water partition coefficient (Wildman–Crippen LogP) is 1.87. The molecule has 2 bridgehead atoms. The van der Waals surface area contributed by atoms with Crippen LogP contribution in [0.2, 0.25) is 0 Å². The van der Waals surface area contributed by atoms with Gasteiger partial charge in [0.2, 0.25) is 5.91 Å². The fourth-order valence-electron chi connectivity index (χ4n) is 9.86. The first-order valence-electron chi connectivity index (χ1n) is 18.8. The lowest BCUT2D eigenvalue weighted by molar-refractivity contribution is -0.346. The van der Waals surface area contributed by atoms with Gasteiger partial charge in [-0.15, -0.1) is 0 Å². The van der Waals surface area contributed by atoms with Crippen molar-refractivity contribution in [2.75, 3.05) is 6.61 Å². The molecule has 15 nitrogen and oxygen atoms in total. The number of nitrogens with one attached hydrogen (secondary N) is 1. The summed E-state index contributed by atoms with van der Waals surface area (Å²) in [5.41, 5.74) is -7.35. The second-order valence-corrected chi connectivity index (χ2v) is 16.5. The third kappa shape index (κ3) is 6.46. The first-order valence-corrected chi connectivity index (χ1v) is 18.8. The Balaban J connectivity index is 1.57. The van der Waals surface area contributed by atoms with Gasteiger partial charge < -0.3 is 44.3 Å². The number of aliphatic hydroxyl groups excluding tert-OH is 2. The second-order valence-electron chi connectivity index (χ2n) is 16.5. The summed E-state index contributed by atoms with van der Waals surface area (Å²) in [5, 5.41) is 39.4. The number of carbonyl (C=O) groups excluding carboxylic acids is 6. The number of rotatable bonds is 9. The highest BCUT2D eigenvalue weighted by Crippen LogP contribution is 2.64. The van der Waals surface area contributed by atoms with Crippen molar-refractivity contribution in [2.45, 2.75) is 134 Å². The fraction of sp³-hybridized carbons (Fsp3) is 0.650. The van der Waals surface area contributed by atoms with E-state index in [1.54, 1.807) is 39.0 Å². The highest BCUT2D eigenvalue weighted by Gasteiger charge is 2.78. The van der Waals surface area contributed by atoms with Gasteiger partial charge in [0.15, 0.2) is 23.6 Å². The van der Waals surface area contributed by atoms with Crippen molar-refractivity contribution in [3.05, 3.63) is 47.0 Å². The Hall–Kier alpha value is -4.18. The molecule has 1 saturated heterocycles. The van der Waals surface area contributed by atoms with Crippen LogP contribution >= 0.6 is 0 Å². The van der Waals surface area contributed by atoms with Gasteiger partial charge in [-0.25, -0.2) is 9.59 Å². The van der Waals surface area contributed by atoms with Crippen molar-refractivity contribution < 1.29 is 67.8 Å². The number of ketones is 1. The first-order chi connectivity index (χ1) is 25.7. The Kier molecular flexibility index (Phi) is 10.6. The summed E-state index contributed by atoms with van der Waals surface area (Å²) in [6.07, 6.45) is -7.79. The Bertz CT molecular complexity index is 1790. The largest absolute Gasteiger partial charge is 0.456 e. The second kappa shape index (κ2) is 14.4. The van der Waals surface area contributed by atoms with Crippen LogP contribution in [-0.2, 0) is 47.7 Å². The zero-order valence-electron chi connectivity index (χ0n) is 32.2. The topological polar surface area (TPSA) is 221 Å². The zero-order chi connectivity index (χ0) is 40.4. The van der Waals surface area contributed by atoms with Crippen molar-refractivity contribution in [2.24, 2.45) is 22.7 Å². The van der Waals surface area contributed by atoms with Crippen LogP contribution in [0.1, 0.15) is 90.9 Å². The van der Waals surface area contributed by atoms with Gasteiger partial charge in [0.1, 0.15) is 23.9 Å². The third-order valence-electron chi connectivity index (χ3n) is 13.1. The van der Waals surface area contributed by atoms with E-state index in [-0.39, 0.29) is 35.7 Å². The van der Waals surface area contributed by atoms with E-state index in [0.717, 1.165) is 20.3 Å². The minimum atomic E-state index is -2.33. The molecule has 1 heterocycles. The summed E-state index contributed by atoms with van der Waals surface area (Å²) in [7, 11) is 0. The van der Waals surface area contributed by atoms with Crippen LogP contribution in [0.3, 0.4) is 0 Å². The molecule has 5 aliphatic rings. The molecule has 6 rings (SSSR count). The average molecular weight is 770 g/mol. The summed E-state index contributed by atoms with van der Waals surface area (Å²) in [6.45, 7) is 9.34. The van der Waals surface area contributed by atoms with Gasteiger partial charge in [0.05, 0.1) is 35.6 Å². The predicted molar refractivity (Wildman–Crippen MR) is 190 cm³/mol. The van der Waals surface area contributed by atoms with Crippen LogP contribution in [0.5, 0.6) is 0 Å². The molecule has 0 spiro atoms. The maximum absolute atomic E-state index is 15.3. The van der Waals surface area contributed by atoms with Crippen molar-refractivity contribution in [3.8, 4) is 0 Å². The van der Waals surface area contributed by atoms with Crippen molar-refractivity contribution >= 4 is 35.6 Å². The first kappa shape index (κ1) is 40.5. The molecule has 4 fully saturated rings. The van der Waals surface area contributed by atoms with Crippen molar-refractivity contribution in [1.82, 2.24) is 5.32 Å². The number of carbonyl (C=O) groups is 6. The van der Waals surface area contributed by atoms with Gasteiger partial charge in [-0.1, -0.05) is 38.5 Å². The molecule has 55 heavy (non-hydrogen) atoms. The lowest BCUT2D eigenvalue weighted by Gasteiger charge is -2.67. The number of aliphatic hydroxyl groups is 3. The number of benzene rings is 1. The number of fused-ring (bicyclic) bond motifs is 5. The van der Waals surface area contributed by atoms with E-state index in [1.807, 2.05) is 0 Å². The molecule has 15 heteroatoms. The van der Waals surface area contributed by atoms with E-state index in [4.69, 9.17) is 23.7 Å². The van der Waals surface area contributed by atoms with Crippen LogP contribution in [0, 0.1) is 22.7 Å². The van der Waals surface area contributed by atoms with Crippen LogP contribution in [0.25, 0.3) is 0 Å². The number of Topliss-reactive ketones (excluding diaryl/α,β-unsaturated/α-hetero) is 1. The van der Waals surface area contributed by atoms with Gasteiger partial charge in [-0.3, -0.25) is 19.2 Å². The van der Waals surface area contributed by atoms with Crippen LogP contribution < -0.4 is 5.32 Å². The number of ether oxygens (including phenoxy) is 5. The Morgan fingerprint density at radius 1 is 0.964 bits per heavy atom. The van der Waals surface area contributed by atoms with Gasteiger partial charge in [-0.05, 0) is 55.9 Å². The summed E-state index contributed by atoms with van der Waals surface area (Å²) in [5.74, 6) is -6.66. The van der Waals surface area contributed by atoms with Gasteiger partial charge in [0, 0.05) is 39.0 Å². The molecular weight excluding hydrogens is 718 g/mol. The van der Waals surface area contributed by atoms with Crippen LogP contribution in [0.15, 0.2) is 41.5 Å². The molecule has 300 valence electrons. The highest BCUT2D eigenvalue weighted by atomic mass is 16.6. The summed E-state index contributed by atoms with van der Waals surface area (Å²) >= 11 is 0. The molecule has 1 unspecified atom stereocenters. The average Bonchev–Trinajstić information content (AvgIpc) is 3.08. The van der Waals surface area contributed by atoms with Gasteiger partial charge >= 0.3 is 23.9 Å². The lowest BCUT2D eigenvalue weighted by atomic mass is 9.44. The highest BCUT2D eigenvalue weighted by molar-refractivity contribution is 5.95. The monoisotopic (exact) mass is 769 g/mol. The molecule has 1 amide bonds. The molecule has 0 radical (unpaired) electrons. The maximum atomic E-state index is 15.3. The summed E-state index contributed by atoms with van der Waals surface area (Å²) < 4.78 is 30.0. The van der Waals surface area contributed by atoms with Crippen molar-refractivity contribution in [1.29, 1.82) is 0 Å². The maximum Gasteiger partial charge on any atom is 0.338 e. The molecule has 0 aromatic heterocycles. The zero-order valence-corrected chi connectivity index (χ0v) is 32.2. The lowest BCUT2D eigenvalue weighted by Crippen LogP contribution is -2.82. The van der Waals surface area contributed by atoms with Crippen LogP contribution in [0.4, 0.5) is 0 Å². The van der Waals surface area contributed by atoms with E-state index < -0.39 is 113 Å². The number of hydrogen-bond donors (Lipinski definition) is 4. The fourth-order valence-corrected chi connectivity index (χ4v) is 9.86. The van der Waals surface area contributed by atoms with Crippen LogP contribution in [-0.4, -0.2) is 111 Å². The molecule has 1 aromatic rings. The molecular formula is C40H51NO14. The van der Waals surface area contributed by atoms with E-state index in [9.17, 15) is 39.3 Å². The quantitative estimate of drug-likeness (QED) is 0.160. The number of esters is 4. The molecule has 4 N–H and O–H groups in total. The molecule has 1 aromatic carbocycles. The Morgan fingerprint density at radius 3 is 2.15 bits per heavy atom. The molecule has 11 atom stereocenters. The number of hydrogen-bond acceptors (Lipinski definition) is 14. The Labute approximate surface area is 319 Å². The minimum absolute atomic E-state index is 0.0345. The molecule has 3 saturated carbocycles.